The molecule has 0 aliphatic heterocycles. The van der Waals surface area contributed by atoms with Gasteiger partial charge in [-0.05, 0) is 12.2 Å². The quantitative estimate of drug-likeness (QED) is 0.456. The topological polar surface area (TPSA) is 47.6 Å². The molecule has 0 saturated carbocycles. The van der Waals surface area contributed by atoms with Crippen LogP contribution < -0.4 is 0 Å². The summed E-state index contributed by atoms with van der Waals surface area (Å²) in [7, 11) is -1.06. The maximum atomic E-state index is 8.53. The van der Waals surface area contributed by atoms with Crippen molar-refractivity contribution in [3.63, 3.8) is 0 Å². The Bertz CT molecular complexity index is 193. The summed E-state index contributed by atoms with van der Waals surface area (Å²) in [6, 6.07) is 0. The zero-order valence-corrected chi connectivity index (χ0v) is 10.4. The van der Waals surface area contributed by atoms with Gasteiger partial charge in [-0.3, -0.25) is 0 Å². The highest BCUT2D eigenvalue weighted by Gasteiger charge is 2.04. The third-order valence-corrected chi connectivity index (χ3v) is 4.80. The lowest BCUT2D eigenvalue weighted by molar-refractivity contribution is 0.627. The number of nitriles is 2. The third kappa shape index (κ3) is 8.36. The molecule has 0 aromatic carbocycles. The molecular weight excluding hydrogens is 211 g/mol. The molecule has 78 valence electrons. The molecule has 0 atom stereocenters. The van der Waals surface area contributed by atoms with Crippen molar-refractivity contribution in [3.8, 4) is 11.6 Å². The molecule has 0 fully saturated rings. The van der Waals surface area contributed by atoms with Gasteiger partial charge in [0.15, 0.2) is 7.12 Å². The number of nitrogens with zero attached hydrogens (tertiary/aromatic N) is 2. The van der Waals surface area contributed by atoms with Crippen molar-refractivity contribution in [3.05, 3.63) is 0 Å². The van der Waals surface area contributed by atoms with Gasteiger partial charge in [0.2, 0.25) is 0 Å². The SMILES string of the molecule is CCCCCCCCSP(C#N)C#N. The monoisotopic (exact) mass is 228 g/mol. The second-order valence-corrected chi connectivity index (χ2v) is 6.62. The summed E-state index contributed by atoms with van der Waals surface area (Å²) in [5.74, 6) is 5.03. The van der Waals surface area contributed by atoms with Gasteiger partial charge in [-0.1, -0.05) is 39.0 Å². The Kier molecular flexibility index (Phi) is 10.7. The molecule has 0 heterocycles. The molecule has 0 radical (unpaired) electrons. The van der Waals surface area contributed by atoms with Gasteiger partial charge in [-0.25, -0.2) is 0 Å². The van der Waals surface area contributed by atoms with E-state index < -0.39 is 7.12 Å². The van der Waals surface area contributed by atoms with Crippen molar-refractivity contribution >= 4 is 18.5 Å². The summed E-state index contributed by atoms with van der Waals surface area (Å²) in [5.41, 5.74) is 0. The molecule has 0 aliphatic carbocycles. The van der Waals surface area contributed by atoms with E-state index in [9.17, 15) is 0 Å². The Hall–Kier alpha value is -0.240. The highest BCUT2D eigenvalue weighted by molar-refractivity contribution is 8.58. The van der Waals surface area contributed by atoms with Crippen LogP contribution in [0.3, 0.4) is 0 Å². The van der Waals surface area contributed by atoms with E-state index in [1.165, 1.54) is 43.5 Å². The maximum absolute atomic E-state index is 8.53. The lowest BCUT2D eigenvalue weighted by atomic mass is 10.1. The van der Waals surface area contributed by atoms with Crippen molar-refractivity contribution in [2.24, 2.45) is 0 Å². The minimum atomic E-state index is -1.06. The Labute approximate surface area is 92.2 Å². The average molecular weight is 228 g/mol. The number of hydrogen-bond donors (Lipinski definition) is 0. The molecule has 0 amide bonds. The predicted molar refractivity (Wildman–Crippen MR) is 64.0 cm³/mol. The molecule has 0 rings (SSSR count). The van der Waals surface area contributed by atoms with E-state index in [-0.39, 0.29) is 0 Å². The summed E-state index contributed by atoms with van der Waals surface area (Å²) in [4.78, 5) is 0. The van der Waals surface area contributed by atoms with Gasteiger partial charge >= 0.3 is 0 Å². The van der Waals surface area contributed by atoms with Crippen molar-refractivity contribution < 1.29 is 0 Å². The molecule has 0 aromatic rings. The predicted octanol–water partition coefficient (Wildman–Crippen LogP) is 4.44. The van der Waals surface area contributed by atoms with Gasteiger partial charge in [0.25, 0.3) is 0 Å². The highest BCUT2D eigenvalue weighted by atomic mass is 32.7. The lowest BCUT2D eigenvalue weighted by Gasteiger charge is -2.00. The normalized spacial score (nSPS) is 9.71. The van der Waals surface area contributed by atoms with Gasteiger partial charge in [0, 0.05) is 0 Å². The summed E-state index contributed by atoms with van der Waals surface area (Å²) < 4.78 is 0. The van der Waals surface area contributed by atoms with Crippen molar-refractivity contribution in [2.45, 2.75) is 45.4 Å². The first kappa shape index (κ1) is 13.8. The second-order valence-electron chi connectivity index (χ2n) is 3.10. The van der Waals surface area contributed by atoms with Crippen LogP contribution in [0.5, 0.6) is 0 Å². The lowest BCUT2D eigenvalue weighted by Crippen LogP contribution is -1.80. The molecule has 2 nitrogen and oxygen atoms in total. The van der Waals surface area contributed by atoms with Gasteiger partial charge in [-0.2, -0.15) is 10.5 Å². The Morgan fingerprint density at radius 1 is 1.00 bits per heavy atom. The van der Waals surface area contributed by atoms with Crippen LogP contribution >= 0.6 is 18.5 Å². The van der Waals surface area contributed by atoms with Crippen molar-refractivity contribution in [2.75, 3.05) is 5.75 Å². The molecule has 0 spiro atoms. The highest BCUT2D eigenvalue weighted by Crippen LogP contribution is 2.47. The smallest absolute Gasteiger partial charge is 0.169 e. The standard InChI is InChI=1S/C10H17N2PS/c1-2-3-4-5-6-7-8-14-13(9-11)10-12/h2-8H2,1H3. The maximum Gasteiger partial charge on any atom is 0.169 e. The summed E-state index contributed by atoms with van der Waals surface area (Å²) in [6.45, 7) is 2.21. The fourth-order valence-corrected chi connectivity index (χ4v) is 3.08. The summed E-state index contributed by atoms with van der Waals surface area (Å²) in [5, 5.41) is 17.1. The average Bonchev–Trinajstić information content (AvgIpc) is 2.22. The Morgan fingerprint density at radius 2 is 1.57 bits per heavy atom. The van der Waals surface area contributed by atoms with E-state index in [1.54, 1.807) is 0 Å². The number of unbranched alkanes of at least 4 members (excludes halogenated alkanes) is 5. The van der Waals surface area contributed by atoms with Crippen LogP contribution in [0.2, 0.25) is 0 Å². The second kappa shape index (κ2) is 10.8. The van der Waals surface area contributed by atoms with Crippen LogP contribution in [0.15, 0.2) is 0 Å². The largest absolute Gasteiger partial charge is 0.191 e. The van der Waals surface area contributed by atoms with E-state index in [0.717, 1.165) is 12.2 Å². The zero-order valence-electron chi connectivity index (χ0n) is 8.70. The fraction of sp³-hybridized carbons (Fsp3) is 0.800. The first-order valence-electron chi connectivity index (χ1n) is 5.07. The van der Waals surface area contributed by atoms with E-state index in [1.807, 2.05) is 11.6 Å². The number of rotatable bonds is 8. The fourth-order valence-electron chi connectivity index (χ4n) is 1.12. The first-order valence-corrected chi connectivity index (χ1v) is 8.01. The van der Waals surface area contributed by atoms with Crippen molar-refractivity contribution in [1.29, 1.82) is 10.5 Å². The van der Waals surface area contributed by atoms with Crippen molar-refractivity contribution in [1.82, 2.24) is 0 Å². The van der Waals surface area contributed by atoms with Gasteiger partial charge < -0.3 is 0 Å². The van der Waals surface area contributed by atoms with Crippen LogP contribution in [0.25, 0.3) is 0 Å². The van der Waals surface area contributed by atoms with E-state index in [0.29, 0.717) is 0 Å². The molecule has 4 heteroatoms. The van der Waals surface area contributed by atoms with Gasteiger partial charge in [0.1, 0.15) is 11.6 Å². The van der Waals surface area contributed by atoms with E-state index in [4.69, 9.17) is 10.5 Å². The molecule has 0 N–H and O–H groups in total. The molecule has 0 bridgehead atoms. The summed E-state index contributed by atoms with van der Waals surface area (Å²) in [6.07, 6.45) is 7.63. The molecule has 0 aromatic heterocycles. The molecule has 0 unspecified atom stereocenters. The van der Waals surface area contributed by atoms with Crippen LogP contribution in [0.1, 0.15) is 45.4 Å². The zero-order chi connectivity index (χ0) is 10.6. The molecular formula is C10H17N2PS. The Balaban J connectivity index is 3.14. The number of hydrogen-bond acceptors (Lipinski definition) is 3. The van der Waals surface area contributed by atoms with E-state index in [2.05, 4.69) is 6.92 Å². The first-order chi connectivity index (χ1) is 6.85. The third-order valence-electron chi connectivity index (χ3n) is 1.90. The molecule has 0 saturated heterocycles. The van der Waals surface area contributed by atoms with Crippen LogP contribution in [0, 0.1) is 22.1 Å². The minimum Gasteiger partial charge on any atom is -0.191 e. The van der Waals surface area contributed by atoms with E-state index >= 15 is 0 Å². The van der Waals surface area contributed by atoms with Crippen LogP contribution in [0.4, 0.5) is 0 Å². The summed E-state index contributed by atoms with van der Waals surface area (Å²) >= 11 is 1.53. The van der Waals surface area contributed by atoms with Crippen LogP contribution in [-0.2, 0) is 0 Å². The molecule has 14 heavy (non-hydrogen) atoms. The van der Waals surface area contributed by atoms with Gasteiger partial charge in [-0.15, -0.1) is 11.4 Å². The minimum absolute atomic E-state index is 0.971. The van der Waals surface area contributed by atoms with Gasteiger partial charge in [0.05, 0.1) is 0 Å². The molecule has 0 aliphatic rings. The Morgan fingerprint density at radius 3 is 2.14 bits per heavy atom. The van der Waals surface area contributed by atoms with Crippen LogP contribution in [-0.4, -0.2) is 5.75 Å².